The number of nitrogens with zero attached hydrogens (tertiary/aromatic N) is 2. The van der Waals surface area contributed by atoms with Gasteiger partial charge in [-0.25, -0.2) is 0 Å². The van der Waals surface area contributed by atoms with Crippen LogP contribution in [0.1, 0.15) is 26.3 Å². The van der Waals surface area contributed by atoms with Crippen LogP contribution >= 0.6 is 0 Å². The van der Waals surface area contributed by atoms with Gasteiger partial charge in [-0.2, -0.15) is 0 Å². The summed E-state index contributed by atoms with van der Waals surface area (Å²) in [6, 6.07) is 8.64. The SMILES string of the molecule is CC1C2=C(C=CC3(O2)N(C)c2ccccc2C3(C)C)C(CO)=CN1C. The van der Waals surface area contributed by atoms with Gasteiger partial charge < -0.3 is 19.6 Å². The molecule has 0 saturated carbocycles. The van der Waals surface area contributed by atoms with Gasteiger partial charge in [0.25, 0.3) is 0 Å². The molecule has 25 heavy (non-hydrogen) atoms. The second kappa shape index (κ2) is 5.15. The number of hydrogen-bond donors (Lipinski definition) is 1. The van der Waals surface area contributed by atoms with Crippen molar-refractivity contribution >= 4 is 5.69 Å². The predicted octanol–water partition coefficient (Wildman–Crippen LogP) is 3.16. The standard InChI is InChI=1S/C21H26N2O2/c1-14-19-16(15(13-24)12-22(14)4)10-11-21(25-19)20(2,3)17-8-6-7-9-18(17)23(21)5/h6-12,14,24H,13H2,1-5H3. The number of hydrogen-bond acceptors (Lipinski definition) is 4. The molecule has 0 fully saturated rings. The number of aliphatic hydroxyl groups is 1. The Morgan fingerprint density at radius 3 is 2.60 bits per heavy atom. The topological polar surface area (TPSA) is 35.9 Å². The largest absolute Gasteiger partial charge is 0.465 e. The molecule has 0 aromatic heterocycles. The molecule has 1 aromatic rings. The van der Waals surface area contributed by atoms with Gasteiger partial charge in [-0.3, -0.25) is 0 Å². The molecule has 0 saturated heterocycles. The summed E-state index contributed by atoms with van der Waals surface area (Å²) < 4.78 is 6.79. The number of ether oxygens (including phenoxy) is 1. The van der Waals surface area contributed by atoms with Crippen LogP contribution in [0.2, 0.25) is 0 Å². The minimum absolute atomic E-state index is 0.00997. The van der Waals surface area contributed by atoms with Crippen LogP contribution in [0.15, 0.2) is 59.5 Å². The Labute approximate surface area is 149 Å². The Morgan fingerprint density at radius 2 is 1.92 bits per heavy atom. The van der Waals surface area contributed by atoms with Gasteiger partial charge in [-0.15, -0.1) is 0 Å². The Bertz CT molecular complexity index is 821. The van der Waals surface area contributed by atoms with Crippen LogP contribution in [0, 0.1) is 0 Å². The van der Waals surface area contributed by atoms with Crippen LogP contribution in [0.25, 0.3) is 0 Å². The van der Waals surface area contributed by atoms with Crippen molar-refractivity contribution in [3.8, 4) is 0 Å². The number of anilines is 1. The van der Waals surface area contributed by atoms with E-state index < -0.39 is 5.72 Å². The Hall–Kier alpha value is -2.20. The fourth-order valence-corrected chi connectivity index (χ4v) is 4.45. The molecule has 2 unspecified atom stereocenters. The zero-order valence-corrected chi connectivity index (χ0v) is 15.6. The molecule has 132 valence electrons. The van der Waals surface area contributed by atoms with E-state index in [-0.39, 0.29) is 18.1 Å². The van der Waals surface area contributed by atoms with Crippen molar-refractivity contribution in [1.82, 2.24) is 4.90 Å². The van der Waals surface area contributed by atoms with Crippen LogP contribution in [0.3, 0.4) is 0 Å². The summed E-state index contributed by atoms with van der Waals surface area (Å²) in [6.07, 6.45) is 6.30. The Balaban J connectivity index is 1.85. The molecule has 2 atom stereocenters. The maximum atomic E-state index is 9.76. The maximum Gasteiger partial charge on any atom is 0.211 e. The smallest absolute Gasteiger partial charge is 0.211 e. The zero-order valence-electron chi connectivity index (χ0n) is 15.6. The number of aliphatic hydroxyl groups excluding tert-OH is 1. The van der Waals surface area contributed by atoms with E-state index in [0.29, 0.717) is 0 Å². The number of para-hydroxylation sites is 1. The summed E-state index contributed by atoms with van der Waals surface area (Å²) in [5.74, 6) is 0.935. The van der Waals surface area contributed by atoms with Crippen LogP contribution in [0.4, 0.5) is 5.69 Å². The Morgan fingerprint density at radius 1 is 1.20 bits per heavy atom. The average molecular weight is 338 g/mol. The molecule has 1 aromatic carbocycles. The quantitative estimate of drug-likeness (QED) is 0.853. The first kappa shape index (κ1) is 16.3. The van der Waals surface area contributed by atoms with Crippen molar-refractivity contribution in [1.29, 1.82) is 0 Å². The summed E-state index contributed by atoms with van der Waals surface area (Å²) in [5, 5.41) is 9.76. The van der Waals surface area contributed by atoms with Crippen molar-refractivity contribution in [2.45, 2.75) is 38.0 Å². The second-order valence-electron chi connectivity index (χ2n) is 7.76. The molecular formula is C21H26N2O2. The fourth-order valence-electron chi connectivity index (χ4n) is 4.45. The summed E-state index contributed by atoms with van der Waals surface area (Å²) in [7, 11) is 4.13. The van der Waals surface area contributed by atoms with Crippen LogP contribution in [-0.2, 0) is 10.2 Å². The Kier molecular flexibility index (Phi) is 3.35. The van der Waals surface area contributed by atoms with Crippen molar-refractivity contribution in [3.05, 3.63) is 65.1 Å². The highest BCUT2D eigenvalue weighted by molar-refractivity contribution is 5.68. The molecule has 3 aliphatic heterocycles. The second-order valence-corrected chi connectivity index (χ2v) is 7.76. The zero-order chi connectivity index (χ0) is 18.0. The highest BCUT2D eigenvalue weighted by atomic mass is 16.5. The molecule has 0 bridgehead atoms. The third-order valence-electron chi connectivity index (χ3n) is 6.21. The lowest BCUT2D eigenvalue weighted by Gasteiger charge is -2.49. The number of fused-ring (bicyclic) bond motifs is 1. The van der Waals surface area contributed by atoms with Gasteiger partial charge in [0.15, 0.2) is 0 Å². The molecule has 1 spiro atoms. The number of rotatable bonds is 1. The van der Waals surface area contributed by atoms with Crippen molar-refractivity contribution in [2.75, 3.05) is 25.6 Å². The molecular weight excluding hydrogens is 312 g/mol. The summed E-state index contributed by atoms with van der Waals surface area (Å²) >= 11 is 0. The molecule has 0 aliphatic carbocycles. The van der Waals surface area contributed by atoms with Crippen molar-refractivity contribution < 1.29 is 9.84 Å². The minimum atomic E-state index is -0.567. The van der Waals surface area contributed by atoms with E-state index in [1.165, 1.54) is 11.3 Å². The normalized spacial score (nSPS) is 29.5. The van der Waals surface area contributed by atoms with Gasteiger partial charge in [0, 0.05) is 37.1 Å². The minimum Gasteiger partial charge on any atom is -0.465 e. The number of allylic oxidation sites excluding steroid dienone is 1. The molecule has 4 heteroatoms. The van der Waals surface area contributed by atoms with E-state index in [2.05, 4.69) is 74.0 Å². The van der Waals surface area contributed by atoms with E-state index in [9.17, 15) is 5.11 Å². The van der Waals surface area contributed by atoms with E-state index in [1.54, 1.807) is 0 Å². The fraction of sp³-hybridized carbons (Fsp3) is 0.429. The maximum absolute atomic E-state index is 9.76. The lowest BCUT2D eigenvalue weighted by Crippen LogP contribution is -2.57. The van der Waals surface area contributed by atoms with Crippen molar-refractivity contribution in [2.24, 2.45) is 0 Å². The lowest BCUT2D eigenvalue weighted by atomic mass is 9.76. The van der Waals surface area contributed by atoms with Gasteiger partial charge in [-0.05, 0) is 44.6 Å². The van der Waals surface area contributed by atoms with E-state index >= 15 is 0 Å². The predicted molar refractivity (Wildman–Crippen MR) is 100 cm³/mol. The summed E-state index contributed by atoms with van der Waals surface area (Å²) in [6.45, 7) is 6.63. The van der Waals surface area contributed by atoms with E-state index in [1.807, 2.05) is 13.2 Å². The highest BCUT2D eigenvalue weighted by Gasteiger charge is 2.58. The highest BCUT2D eigenvalue weighted by Crippen LogP contribution is 2.55. The first-order chi connectivity index (χ1) is 11.8. The van der Waals surface area contributed by atoms with Crippen LogP contribution in [-0.4, -0.2) is 42.5 Å². The summed E-state index contributed by atoms with van der Waals surface area (Å²) in [4.78, 5) is 4.35. The van der Waals surface area contributed by atoms with Gasteiger partial charge in [0.1, 0.15) is 5.76 Å². The van der Waals surface area contributed by atoms with E-state index in [4.69, 9.17) is 4.74 Å². The first-order valence-electron chi connectivity index (χ1n) is 8.83. The molecule has 0 radical (unpaired) electrons. The summed E-state index contributed by atoms with van der Waals surface area (Å²) in [5.41, 5.74) is 3.64. The van der Waals surface area contributed by atoms with Crippen LogP contribution in [0.5, 0.6) is 0 Å². The van der Waals surface area contributed by atoms with Gasteiger partial charge >= 0.3 is 0 Å². The molecule has 4 nitrogen and oxygen atoms in total. The first-order valence-corrected chi connectivity index (χ1v) is 8.83. The lowest BCUT2D eigenvalue weighted by molar-refractivity contribution is -0.0220. The molecule has 4 rings (SSSR count). The van der Waals surface area contributed by atoms with Crippen LogP contribution < -0.4 is 4.90 Å². The molecule has 3 aliphatic rings. The molecule has 1 N–H and O–H groups in total. The molecule has 0 amide bonds. The van der Waals surface area contributed by atoms with Gasteiger partial charge in [0.2, 0.25) is 5.72 Å². The van der Waals surface area contributed by atoms with Gasteiger partial charge in [-0.1, -0.05) is 18.2 Å². The number of likely N-dealkylation sites (N-methyl/N-ethyl adjacent to an activating group) is 2. The third-order valence-corrected chi connectivity index (χ3v) is 6.21. The average Bonchev–Trinajstić information content (AvgIpc) is 2.77. The van der Waals surface area contributed by atoms with Gasteiger partial charge in [0.05, 0.1) is 18.1 Å². The van der Waals surface area contributed by atoms with Crippen molar-refractivity contribution in [3.63, 3.8) is 0 Å². The number of benzene rings is 1. The third kappa shape index (κ3) is 1.92. The van der Waals surface area contributed by atoms with E-state index in [0.717, 1.165) is 16.9 Å². The monoisotopic (exact) mass is 338 g/mol. The molecule has 3 heterocycles.